The van der Waals surface area contributed by atoms with Crippen LogP contribution in [0.3, 0.4) is 0 Å². The third-order valence-electron chi connectivity index (χ3n) is 4.86. The summed E-state index contributed by atoms with van der Waals surface area (Å²) >= 11 is 0. The Balaban J connectivity index is 1.75. The number of aryl methyl sites for hydroxylation is 1. The lowest BCUT2D eigenvalue weighted by Crippen LogP contribution is -2.28. The lowest BCUT2D eigenvalue weighted by molar-refractivity contribution is -0.136. The Morgan fingerprint density at radius 1 is 0.875 bits per heavy atom. The second-order valence-corrected chi connectivity index (χ2v) is 8.67. The van der Waals surface area contributed by atoms with Crippen molar-refractivity contribution in [1.29, 1.82) is 0 Å². The van der Waals surface area contributed by atoms with Crippen molar-refractivity contribution in [1.82, 2.24) is 4.72 Å². The smallest absolute Gasteiger partial charge is 0.354 e. The van der Waals surface area contributed by atoms with E-state index in [4.69, 9.17) is 9.47 Å². The van der Waals surface area contributed by atoms with E-state index in [1.54, 1.807) is 25.3 Å². The summed E-state index contributed by atoms with van der Waals surface area (Å²) in [7, 11) is -1.15. The van der Waals surface area contributed by atoms with Gasteiger partial charge in [0.1, 0.15) is 11.4 Å². The maximum Gasteiger partial charge on any atom is 0.354 e. The van der Waals surface area contributed by atoms with Crippen LogP contribution in [0.15, 0.2) is 95.5 Å². The number of carbonyl (C=O) groups is 1. The van der Waals surface area contributed by atoms with Crippen molar-refractivity contribution in [2.45, 2.75) is 17.7 Å². The summed E-state index contributed by atoms with van der Waals surface area (Å²) in [6, 6.07) is 23.6. The molecule has 3 aromatic rings. The Bertz CT molecular complexity index is 1170. The monoisotopic (exact) mass is 451 g/mol. The standard InChI is InChI=1S/C25H25NO5S/c1-30-22-15-11-20(12-16-22)21-13-17-23(18-14-21)32(28,29)26-24(25(27)31-2)10-6-9-19-7-4-3-5-8-19/h3-5,7-8,10-18,26H,6,9H2,1-2H3/b24-10-. The van der Waals surface area contributed by atoms with E-state index in [0.717, 1.165) is 22.4 Å². The number of sulfonamides is 1. The molecule has 0 spiro atoms. The molecule has 0 saturated heterocycles. The van der Waals surface area contributed by atoms with Gasteiger partial charge in [0.2, 0.25) is 0 Å². The summed E-state index contributed by atoms with van der Waals surface area (Å²) in [5.41, 5.74) is 2.77. The number of carbonyl (C=O) groups excluding carboxylic acids is 1. The number of methoxy groups -OCH3 is 2. The quantitative estimate of drug-likeness (QED) is 0.387. The third kappa shape index (κ3) is 5.98. The summed E-state index contributed by atoms with van der Waals surface area (Å²) in [5.74, 6) is 0.00280. The fourth-order valence-electron chi connectivity index (χ4n) is 3.12. The molecule has 0 bridgehead atoms. The number of allylic oxidation sites excluding steroid dienone is 1. The van der Waals surface area contributed by atoms with Gasteiger partial charge >= 0.3 is 5.97 Å². The first-order valence-electron chi connectivity index (χ1n) is 10.0. The zero-order valence-corrected chi connectivity index (χ0v) is 18.8. The maximum absolute atomic E-state index is 12.9. The van der Waals surface area contributed by atoms with Crippen LogP contribution in [0.25, 0.3) is 11.1 Å². The van der Waals surface area contributed by atoms with Crippen LogP contribution in [0.1, 0.15) is 12.0 Å². The van der Waals surface area contributed by atoms with E-state index in [0.29, 0.717) is 12.8 Å². The van der Waals surface area contributed by atoms with E-state index >= 15 is 0 Å². The predicted molar refractivity (Wildman–Crippen MR) is 124 cm³/mol. The molecule has 3 rings (SSSR count). The van der Waals surface area contributed by atoms with Crippen molar-refractivity contribution < 1.29 is 22.7 Å². The first-order chi connectivity index (χ1) is 15.4. The zero-order chi connectivity index (χ0) is 23.0. The molecule has 0 heterocycles. The van der Waals surface area contributed by atoms with Crippen molar-refractivity contribution in [3.05, 3.63) is 96.2 Å². The molecule has 0 aromatic heterocycles. The van der Waals surface area contributed by atoms with Gasteiger partial charge < -0.3 is 9.47 Å². The Labute approximate surface area is 188 Å². The molecule has 0 radical (unpaired) electrons. The summed E-state index contributed by atoms with van der Waals surface area (Å²) in [4.78, 5) is 12.2. The summed E-state index contributed by atoms with van der Waals surface area (Å²) in [5, 5.41) is 0. The average Bonchev–Trinajstić information content (AvgIpc) is 2.83. The van der Waals surface area contributed by atoms with E-state index in [-0.39, 0.29) is 10.6 Å². The number of ether oxygens (including phenoxy) is 2. The van der Waals surface area contributed by atoms with Crippen LogP contribution in [0, 0.1) is 0 Å². The highest BCUT2D eigenvalue weighted by molar-refractivity contribution is 7.89. The normalized spacial score (nSPS) is 11.6. The van der Waals surface area contributed by atoms with E-state index in [9.17, 15) is 13.2 Å². The molecule has 1 N–H and O–H groups in total. The molecule has 3 aromatic carbocycles. The third-order valence-corrected chi connectivity index (χ3v) is 6.24. The molecule has 0 aliphatic carbocycles. The Morgan fingerprint density at radius 2 is 1.47 bits per heavy atom. The Morgan fingerprint density at radius 3 is 2.03 bits per heavy atom. The second kappa shape index (κ2) is 10.6. The van der Waals surface area contributed by atoms with Gasteiger partial charge in [0.05, 0.1) is 19.1 Å². The number of benzene rings is 3. The van der Waals surface area contributed by atoms with E-state index in [2.05, 4.69) is 4.72 Å². The summed E-state index contributed by atoms with van der Waals surface area (Å²) in [6.07, 6.45) is 2.69. The maximum atomic E-state index is 12.9. The number of esters is 1. The molecule has 166 valence electrons. The van der Waals surface area contributed by atoms with Gasteiger partial charge in [0.25, 0.3) is 10.0 Å². The van der Waals surface area contributed by atoms with Gasteiger partial charge in [-0.15, -0.1) is 0 Å². The minimum absolute atomic E-state index is 0.0487. The summed E-state index contributed by atoms with van der Waals surface area (Å²) in [6.45, 7) is 0. The highest BCUT2D eigenvalue weighted by Gasteiger charge is 2.20. The van der Waals surface area contributed by atoms with Gasteiger partial charge in [0.15, 0.2) is 0 Å². The SMILES string of the molecule is COC(=O)/C(=C/CCc1ccccc1)NS(=O)(=O)c1ccc(-c2ccc(OC)cc2)cc1. The molecule has 0 aliphatic rings. The molecule has 0 saturated carbocycles. The number of nitrogens with one attached hydrogen (secondary N) is 1. The van der Waals surface area contributed by atoms with Gasteiger partial charge in [-0.2, -0.15) is 0 Å². The van der Waals surface area contributed by atoms with Crippen LogP contribution in [0.4, 0.5) is 0 Å². The summed E-state index contributed by atoms with van der Waals surface area (Å²) < 4.78 is 38.0. The zero-order valence-electron chi connectivity index (χ0n) is 17.9. The molecule has 0 unspecified atom stereocenters. The average molecular weight is 452 g/mol. The largest absolute Gasteiger partial charge is 0.497 e. The van der Waals surface area contributed by atoms with E-state index in [1.165, 1.54) is 19.2 Å². The molecular formula is C25H25NO5S. The van der Waals surface area contributed by atoms with Crippen LogP contribution >= 0.6 is 0 Å². The molecule has 32 heavy (non-hydrogen) atoms. The van der Waals surface area contributed by atoms with Gasteiger partial charge in [0, 0.05) is 0 Å². The van der Waals surface area contributed by atoms with Crippen molar-refractivity contribution in [2.75, 3.05) is 14.2 Å². The van der Waals surface area contributed by atoms with Gasteiger partial charge in [-0.05, 0) is 53.8 Å². The van der Waals surface area contributed by atoms with Crippen LogP contribution < -0.4 is 9.46 Å². The number of hydrogen-bond donors (Lipinski definition) is 1. The van der Waals surface area contributed by atoms with Crippen LogP contribution in [-0.2, 0) is 26.0 Å². The number of rotatable bonds is 9. The van der Waals surface area contributed by atoms with Crippen molar-refractivity contribution in [3.8, 4) is 16.9 Å². The first kappa shape index (κ1) is 23.1. The topological polar surface area (TPSA) is 81.7 Å². The van der Waals surface area contributed by atoms with Crippen molar-refractivity contribution in [2.24, 2.45) is 0 Å². The lowest BCUT2D eigenvalue weighted by atomic mass is 10.1. The number of hydrogen-bond acceptors (Lipinski definition) is 5. The van der Waals surface area contributed by atoms with Crippen LogP contribution in [0.2, 0.25) is 0 Å². The van der Waals surface area contributed by atoms with Crippen LogP contribution in [0.5, 0.6) is 5.75 Å². The van der Waals surface area contributed by atoms with Gasteiger partial charge in [-0.25, -0.2) is 13.2 Å². The minimum Gasteiger partial charge on any atom is -0.497 e. The molecular weight excluding hydrogens is 426 g/mol. The van der Waals surface area contributed by atoms with Crippen molar-refractivity contribution >= 4 is 16.0 Å². The highest BCUT2D eigenvalue weighted by atomic mass is 32.2. The van der Waals surface area contributed by atoms with Crippen LogP contribution in [-0.4, -0.2) is 28.6 Å². The first-order valence-corrected chi connectivity index (χ1v) is 11.5. The van der Waals surface area contributed by atoms with Crippen molar-refractivity contribution in [3.63, 3.8) is 0 Å². The second-order valence-electron chi connectivity index (χ2n) is 6.99. The Hall–Kier alpha value is -3.58. The minimum atomic E-state index is -3.96. The fraction of sp³-hybridized carbons (Fsp3) is 0.160. The van der Waals surface area contributed by atoms with E-state index in [1.807, 2.05) is 54.6 Å². The molecule has 0 fully saturated rings. The van der Waals surface area contributed by atoms with Gasteiger partial charge in [-0.1, -0.05) is 60.7 Å². The molecule has 0 amide bonds. The molecule has 7 heteroatoms. The Kier molecular flexibility index (Phi) is 7.68. The lowest BCUT2D eigenvalue weighted by Gasteiger charge is -2.11. The van der Waals surface area contributed by atoms with Gasteiger partial charge in [-0.3, -0.25) is 4.72 Å². The predicted octanol–water partition coefficient (Wildman–Crippen LogP) is 4.33. The molecule has 0 atom stereocenters. The fourth-order valence-corrected chi connectivity index (χ4v) is 4.19. The molecule has 6 nitrogen and oxygen atoms in total. The van der Waals surface area contributed by atoms with E-state index < -0.39 is 16.0 Å². The highest BCUT2D eigenvalue weighted by Crippen LogP contribution is 2.24. The molecule has 0 aliphatic heterocycles.